The summed E-state index contributed by atoms with van der Waals surface area (Å²) in [5.74, 6) is 0.449. The van der Waals surface area contributed by atoms with E-state index in [4.69, 9.17) is 9.68 Å². The fraction of sp³-hybridized carbons (Fsp3) is 0.188. The van der Waals surface area contributed by atoms with Crippen LogP contribution < -0.4 is 0 Å². The van der Waals surface area contributed by atoms with E-state index >= 15 is 0 Å². The molecule has 18 heavy (non-hydrogen) atoms. The summed E-state index contributed by atoms with van der Waals surface area (Å²) < 4.78 is 5.83. The van der Waals surface area contributed by atoms with Crippen LogP contribution in [0.1, 0.15) is 30.9 Å². The van der Waals surface area contributed by atoms with Crippen LogP contribution in [0.15, 0.2) is 40.8 Å². The van der Waals surface area contributed by atoms with Crippen molar-refractivity contribution in [3.63, 3.8) is 0 Å². The van der Waals surface area contributed by atoms with Crippen molar-refractivity contribution >= 4 is 21.9 Å². The molecule has 0 aliphatic rings. The monoisotopic (exact) mass is 235 g/mol. The van der Waals surface area contributed by atoms with Gasteiger partial charge in [-0.3, -0.25) is 0 Å². The zero-order valence-electron chi connectivity index (χ0n) is 10.4. The van der Waals surface area contributed by atoms with Gasteiger partial charge in [-0.05, 0) is 35.7 Å². The molecule has 2 heteroatoms. The van der Waals surface area contributed by atoms with Crippen LogP contribution in [0.4, 0.5) is 0 Å². The second-order valence-corrected chi connectivity index (χ2v) is 4.80. The number of rotatable bonds is 1. The molecule has 3 rings (SSSR count). The number of nitrogens with zero attached hydrogens (tertiary/aromatic N) is 1. The van der Waals surface area contributed by atoms with E-state index in [9.17, 15) is 0 Å². The first-order valence-corrected chi connectivity index (χ1v) is 6.06. The molecule has 0 amide bonds. The summed E-state index contributed by atoms with van der Waals surface area (Å²) in [7, 11) is 0. The third kappa shape index (κ3) is 1.48. The molecule has 0 radical (unpaired) electrons. The lowest BCUT2D eigenvalue weighted by Crippen LogP contribution is -1.87. The maximum absolute atomic E-state index is 8.92. The quantitative estimate of drug-likeness (QED) is 0.619. The normalized spacial score (nSPS) is 11.2. The van der Waals surface area contributed by atoms with Gasteiger partial charge in [-0.25, -0.2) is 0 Å². The summed E-state index contributed by atoms with van der Waals surface area (Å²) in [6.45, 7) is 4.36. The van der Waals surface area contributed by atoms with Gasteiger partial charge in [0.25, 0.3) is 0 Å². The molecule has 0 saturated heterocycles. The topological polar surface area (TPSA) is 36.9 Å². The Bertz CT molecular complexity index is 775. The minimum absolute atomic E-state index is 0.449. The van der Waals surface area contributed by atoms with Crippen molar-refractivity contribution in [1.29, 1.82) is 5.26 Å². The van der Waals surface area contributed by atoms with Gasteiger partial charge < -0.3 is 4.42 Å². The molecule has 0 fully saturated rings. The number of hydrogen-bond donors (Lipinski definition) is 0. The maximum atomic E-state index is 8.92. The van der Waals surface area contributed by atoms with Crippen LogP contribution in [0, 0.1) is 11.3 Å². The lowest BCUT2D eigenvalue weighted by molar-refractivity contribution is 0.668. The number of fused-ring (bicyclic) bond motifs is 3. The molecule has 1 heterocycles. The Balaban J connectivity index is 2.46. The second kappa shape index (κ2) is 3.89. The highest BCUT2D eigenvalue weighted by atomic mass is 16.3. The van der Waals surface area contributed by atoms with Gasteiger partial charge in [0.05, 0.1) is 11.6 Å². The number of benzene rings is 2. The molecule has 0 spiro atoms. The summed E-state index contributed by atoms with van der Waals surface area (Å²) in [6.07, 6.45) is 0. The van der Waals surface area contributed by atoms with Gasteiger partial charge in [0.1, 0.15) is 11.2 Å². The fourth-order valence-corrected chi connectivity index (χ4v) is 2.40. The number of hydrogen-bond acceptors (Lipinski definition) is 2. The lowest BCUT2D eigenvalue weighted by atomic mass is 9.97. The van der Waals surface area contributed by atoms with Gasteiger partial charge in [0.15, 0.2) is 0 Å². The molecule has 0 aliphatic heterocycles. The van der Waals surface area contributed by atoms with Gasteiger partial charge in [-0.2, -0.15) is 5.26 Å². The molecule has 2 aromatic carbocycles. The van der Waals surface area contributed by atoms with Crippen LogP contribution in [0.5, 0.6) is 0 Å². The van der Waals surface area contributed by atoms with Crippen molar-refractivity contribution in [2.75, 3.05) is 0 Å². The van der Waals surface area contributed by atoms with Gasteiger partial charge in [0, 0.05) is 10.8 Å². The van der Waals surface area contributed by atoms with Crippen molar-refractivity contribution in [1.82, 2.24) is 0 Å². The summed E-state index contributed by atoms with van der Waals surface area (Å²) in [5.41, 5.74) is 3.60. The smallest absolute Gasteiger partial charge is 0.136 e. The van der Waals surface area contributed by atoms with Crippen molar-refractivity contribution in [3.8, 4) is 6.07 Å². The van der Waals surface area contributed by atoms with Crippen molar-refractivity contribution < 1.29 is 4.42 Å². The van der Waals surface area contributed by atoms with Crippen molar-refractivity contribution in [2.24, 2.45) is 0 Å². The highest BCUT2D eigenvalue weighted by Crippen LogP contribution is 2.34. The van der Waals surface area contributed by atoms with E-state index in [1.807, 2.05) is 24.3 Å². The Morgan fingerprint density at radius 2 is 1.94 bits per heavy atom. The predicted molar refractivity (Wildman–Crippen MR) is 72.5 cm³/mol. The Hall–Kier alpha value is -2.27. The van der Waals surface area contributed by atoms with Crippen LogP contribution in [0.3, 0.4) is 0 Å². The summed E-state index contributed by atoms with van der Waals surface area (Å²) in [5, 5.41) is 11.2. The molecule has 0 atom stereocenters. The highest BCUT2D eigenvalue weighted by molar-refractivity contribution is 6.07. The first-order chi connectivity index (χ1) is 8.70. The number of furan rings is 1. The molecule has 88 valence electrons. The molecule has 0 N–H and O–H groups in total. The van der Waals surface area contributed by atoms with Crippen molar-refractivity contribution in [3.05, 3.63) is 47.5 Å². The van der Waals surface area contributed by atoms with Gasteiger partial charge in [-0.1, -0.05) is 26.0 Å². The molecule has 2 nitrogen and oxygen atoms in total. The van der Waals surface area contributed by atoms with E-state index in [0.717, 1.165) is 16.6 Å². The van der Waals surface area contributed by atoms with E-state index in [1.165, 1.54) is 10.9 Å². The van der Waals surface area contributed by atoms with Crippen LogP contribution in [-0.4, -0.2) is 0 Å². The first kappa shape index (κ1) is 10.9. The van der Waals surface area contributed by atoms with Crippen LogP contribution in [-0.2, 0) is 0 Å². The van der Waals surface area contributed by atoms with E-state index in [1.54, 1.807) is 6.07 Å². The maximum Gasteiger partial charge on any atom is 0.136 e. The zero-order valence-corrected chi connectivity index (χ0v) is 10.4. The average molecular weight is 235 g/mol. The standard InChI is InChI=1S/C16H13NO/c1-10(2)12-4-3-5-14-16(12)13-7-6-11(9-17)8-15(13)18-14/h3-8,10H,1-2H3. The lowest BCUT2D eigenvalue weighted by Gasteiger charge is -2.06. The largest absolute Gasteiger partial charge is 0.456 e. The van der Waals surface area contributed by atoms with E-state index in [2.05, 4.69) is 26.0 Å². The zero-order chi connectivity index (χ0) is 12.7. The van der Waals surface area contributed by atoms with Crippen LogP contribution in [0.25, 0.3) is 21.9 Å². The van der Waals surface area contributed by atoms with E-state index < -0.39 is 0 Å². The van der Waals surface area contributed by atoms with E-state index in [0.29, 0.717) is 11.5 Å². The Kier molecular flexibility index (Phi) is 2.34. The summed E-state index contributed by atoms with van der Waals surface area (Å²) in [6, 6.07) is 13.9. The molecule has 3 aromatic rings. The average Bonchev–Trinajstić information content (AvgIpc) is 2.75. The summed E-state index contributed by atoms with van der Waals surface area (Å²) >= 11 is 0. The Labute approximate surface area is 105 Å². The molecule has 0 unspecified atom stereocenters. The summed E-state index contributed by atoms with van der Waals surface area (Å²) in [4.78, 5) is 0. The molecule has 0 aliphatic carbocycles. The Morgan fingerprint density at radius 1 is 1.11 bits per heavy atom. The predicted octanol–water partition coefficient (Wildman–Crippen LogP) is 4.58. The Morgan fingerprint density at radius 3 is 2.67 bits per heavy atom. The fourth-order valence-electron chi connectivity index (χ4n) is 2.40. The first-order valence-electron chi connectivity index (χ1n) is 6.06. The third-order valence-corrected chi connectivity index (χ3v) is 3.28. The molecular weight excluding hydrogens is 222 g/mol. The van der Waals surface area contributed by atoms with Crippen molar-refractivity contribution in [2.45, 2.75) is 19.8 Å². The van der Waals surface area contributed by atoms with Crippen LogP contribution in [0.2, 0.25) is 0 Å². The van der Waals surface area contributed by atoms with Gasteiger partial charge >= 0.3 is 0 Å². The minimum atomic E-state index is 0.449. The molecule has 0 bridgehead atoms. The third-order valence-electron chi connectivity index (χ3n) is 3.28. The minimum Gasteiger partial charge on any atom is -0.456 e. The molecule has 1 aromatic heterocycles. The molecular formula is C16H13NO. The second-order valence-electron chi connectivity index (χ2n) is 4.80. The van der Waals surface area contributed by atoms with Gasteiger partial charge in [-0.15, -0.1) is 0 Å². The SMILES string of the molecule is CC(C)c1cccc2oc3cc(C#N)ccc3c12. The number of nitriles is 1. The highest BCUT2D eigenvalue weighted by Gasteiger charge is 2.12. The van der Waals surface area contributed by atoms with Gasteiger partial charge in [0.2, 0.25) is 0 Å². The van der Waals surface area contributed by atoms with E-state index in [-0.39, 0.29) is 0 Å². The van der Waals surface area contributed by atoms with Crippen LogP contribution >= 0.6 is 0 Å². The molecule has 0 saturated carbocycles.